The summed E-state index contributed by atoms with van der Waals surface area (Å²) in [5, 5.41) is 5.96. The highest BCUT2D eigenvalue weighted by Crippen LogP contribution is 2.17. The average Bonchev–Trinajstić information content (AvgIpc) is 2.88. The van der Waals surface area contributed by atoms with Gasteiger partial charge in [-0.2, -0.15) is 0 Å². The molecular formula is C15H20F2N2O. The Kier molecular flexibility index (Phi) is 5.47. The van der Waals surface area contributed by atoms with Crippen LogP contribution >= 0.6 is 0 Å². The fourth-order valence-corrected chi connectivity index (χ4v) is 2.53. The summed E-state index contributed by atoms with van der Waals surface area (Å²) in [6, 6.07) is 3.86. The van der Waals surface area contributed by atoms with Crippen molar-refractivity contribution in [2.45, 2.75) is 38.1 Å². The molecule has 0 radical (unpaired) electrons. The van der Waals surface area contributed by atoms with Crippen LogP contribution in [0, 0.1) is 11.6 Å². The van der Waals surface area contributed by atoms with Crippen molar-refractivity contribution in [1.82, 2.24) is 10.6 Å². The first-order chi connectivity index (χ1) is 9.63. The van der Waals surface area contributed by atoms with Gasteiger partial charge >= 0.3 is 0 Å². The molecule has 110 valence electrons. The fraction of sp³-hybridized carbons (Fsp3) is 0.533. The number of carbonyl (C=O) groups excluding carboxylic acids is 1. The monoisotopic (exact) mass is 282 g/mol. The van der Waals surface area contributed by atoms with Gasteiger partial charge in [-0.25, -0.2) is 8.78 Å². The molecule has 0 aliphatic heterocycles. The second-order valence-electron chi connectivity index (χ2n) is 5.24. The SMILES string of the molecule is O=C(CNC1CCCC1)NCCc1cc(F)cc(F)c1. The van der Waals surface area contributed by atoms with E-state index >= 15 is 0 Å². The van der Waals surface area contributed by atoms with E-state index < -0.39 is 11.6 Å². The summed E-state index contributed by atoms with van der Waals surface area (Å²) < 4.78 is 25.9. The predicted molar refractivity (Wildman–Crippen MR) is 73.3 cm³/mol. The molecule has 5 heteroatoms. The van der Waals surface area contributed by atoms with Crippen molar-refractivity contribution in [3.63, 3.8) is 0 Å². The van der Waals surface area contributed by atoms with Crippen molar-refractivity contribution in [3.05, 3.63) is 35.4 Å². The third kappa shape index (κ3) is 4.89. The van der Waals surface area contributed by atoms with Crippen molar-refractivity contribution in [3.8, 4) is 0 Å². The Balaban J connectivity index is 1.65. The zero-order valence-electron chi connectivity index (χ0n) is 11.4. The van der Waals surface area contributed by atoms with Crippen LogP contribution in [0.2, 0.25) is 0 Å². The molecule has 1 fully saturated rings. The van der Waals surface area contributed by atoms with Crippen LogP contribution in [0.3, 0.4) is 0 Å². The van der Waals surface area contributed by atoms with Crippen molar-refractivity contribution in [2.75, 3.05) is 13.1 Å². The van der Waals surface area contributed by atoms with Gasteiger partial charge in [0.25, 0.3) is 0 Å². The first-order valence-corrected chi connectivity index (χ1v) is 7.08. The molecular weight excluding hydrogens is 262 g/mol. The van der Waals surface area contributed by atoms with Crippen LogP contribution in [-0.2, 0) is 11.2 Å². The van der Waals surface area contributed by atoms with E-state index in [0.29, 0.717) is 31.1 Å². The Morgan fingerprint density at radius 3 is 2.45 bits per heavy atom. The maximum Gasteiger partial charge on any atom is 0.233 e. The number of carbonyl (C=O) groups is 1. The molecule has 0 aromatic heterocycles. The van der Waals surface area contributed by atoms with Crippen molar-refractivity contribution in [1.29, 1.82) is 0 Å². The molecule has 1 aromatic rings. The predicted octanol–water partition coefficient (Wildman–Crippen LogP) is 2.16. The van der Waals surface area contributed by atoms with E-state index in [1.165, 1.54) is 25.0 Å². The summed E-state index contributed by atoms with van der Waals surface area (Å²) in [5.41, 5.74) is 0.548. The summed E-state index contributed by atoms with van der Waals surface area (Å²) in [4.78, 5) is 11.6. The second kappa shape index (κ2) is 7.33. The lowest BCUT2D eigenvalue weighted by Crippen LogP contribution is -2.38. The highest BCUT2D eigenvalue weighted by Gasteiger charge is 2.14. The second-order valence-corrected chi connectivity index (χ2v) is 5.24. The number of rotatable bonds is 6. The molecule has 1 amide bonds. The normalized spacial score (nSPS) is 15.5. The summed E-state index contributed by atoms with van der Waals surface area (Å²) in [5.74, 6) is -1.25. The summed E-state index contributed by atoms with van der Waals surface area (Å²) in [7, 11) is 0. The molecule has 0 saturated heterocycles. The number of hydrogen-bond acceptors (Lipinski definition) is 2. The lowest BCUT2D eigenvalue weighted by Gasteiger charge is -2.11. The number of halogens is 2. The molecule has 0 heterocycles. The van der Waals surface area contributed by atoms with E-state index in [4.69, 9.17) is 0 Å². The molecule has 1 aliphatic carbocycles. The zero-order valence-corrected chi connectivity index (χ0v) is 11.4. The van der Waals surface area contributed by atoms with Crippen molar-refractivity contribution >= 4 is 5.91 Å². The van der Waals surface area contributed by atoms with E-state index in [2.05, 4.69) is 10.6 Å². The van der Waals surface area contributed by atoms with Gasteiger partial charge in [-0.3, -0.25) is 4.79 Å². The molecule has 20 heavy (non-hydrogen) atoms. The highest BCUT2D eigenvalue weighted by molar-refractivity contribution is 5.78. The minimum atomic E-state index is -0.589. The van der Waals surface area contributed by atoms with Gasteiger partial charge in [-0.05, 0) is 37.0 Å². The van der Waals surface area contributed by atoms with Crippen LogP contribution in [0.5, 0.6) is 0 Å². The first kappa shape index (κ1) is 14.9. The lowest BCUT2D eigenvalue weighted by molar-refractivity contribution is -0.120. The van der Waals surface area contributed by atoms with E-state index in [-0.39, 0.29) is 5.91 Å². The van der Waals surface area contributed by atoms with Crippen LogP contribution in [-0.4, -0.2) is 25.0 Å². The topological polar surface area (TPSA) is 41.1 Å². The minimum absolute atomic E-state index is 0.0752. The Hall–Kier alpha value is -1.49. The number of nitrogens with one attached hydrogen (secondary N) is 2. The Morgan fingerprint density at radius 1 is 1.15 bits per heavy atom. The van der Waals surface area contributed by atoms with Crippen LogP contribution in [0.1, 0.15) is 31.2 Å². The number of benzene rings is 1. The summed E-state index contributed by atoms with van der Waals surface area (Å²) in [6.45, 7) is 0.691. The fourth-order valence-electron chi connectivity index (χ4n) is 2.53. The van der Waals surface area contributed by atoms with Crippen LogP contribution in [0.4, 0.5) is 8.78 Å². The molecule has 0 spiro atoms. The molecule has 1 saturated carbocycles. The molecule has 0 bridgehead atoms. The van der Waals surface area contributed by atoms with Gasteiger partial charge in [0, 0.05) is 18.7 Å². The molecule has 0 unspecified atom stereocenters. The standard InChI is InChI=1S/C15H20F2N2O/c16-12-7-11(8-13(17)9-12)5-6-18-15(20)10-19-14-3-1-2-4-14/h7-9,14,19H,1-6,10H2,(H,18,20). The maximum atomic E-state index is 13.0. The van der Waals surface area contributed by atoms with Crippen LogP contribution < -0.4 is 10.6 Å². The third-order valence-corrected chi connectivity index (χ3v) is 3.56. The van der Waals surface area contributed by atoms with Gasteiger partial charge in [0.05, 0.1) is 6.54 Å². The van der Waals surface area contributed by atoms with Gasteiger partial charge in [0.1, 0.15) is 11.6 Å². The van der Waals surface area contributed by atoms with Crippen LogP contribution in [0.25, 0.3) is 0 Å². The summed E-state index contributed by atoms with van der Waals surface area (Å²) >= 11 is 0. The van der Waals surface area contributed by atoms with E-state index in [1.807, 2.05) is 0 Å². The van der Waals surface area contributed by atoms with E-state index in [1.54, 1.807) is 0 Å². The highest BCUT2D eigenvalue weighted by atomic mass is 19.1. The Labute approximate surface area is 117 Å². The molecule has 1 aliphatic rings. The number of hydrogen-bond donors (Lipinski definition) is 2. The molecule has 2 N–H and O–H groups in total. The lowest BCUT2D eigenvalue weighted by atomic mass is 10.1. The Bertz CT molecular complexity index is 439. The molecule has 3 nitrogen and oxygen atoms in total. The van der Waals surface area contributed by atoms with Crippen molar-refractivity contribution in [2.24, 2.45) is 0 Å². The number of amides is 1. The van der Waals surface area contributed by atoms with Gasteiger partial charge in [-0.1, -0.05) is 12.8 Å². The Morgan fingerprint density at radius 2 is 1.80 bits per heavy atom. The molecule has 0 atom stereocenters. The quantitative estimate of drug-likeness (QED) is 0.839. The maximum absolute atomic E-state index is 13.0. The van der Waals surface area contributed by atoms with Gasteiger partial charge in [-0.15, -0.1) is 0 Å². The van der Waals surface area contributed by atoms with E-state index in [9.17, 15) is 13.6 Å². The average molecular weight is 282 g/mol. The van der Waals surface area contributed by atoms with Gasteiger partial charge in [0.2, 0.25) is 5.91 Å². The van der Waals surface area contributed by atoms with Gasteiger partial charge in [0.15, 0.2) is 0 Å². The zero-order chi connectivity index (χ0) is 14.4. The third-order valence-electron chi connectivity index (χ3n) is 3.56. The minimum Gasteiger partial charge on any atom is -0.355 e. The largest absolute Gasteiger partial charge is 0.355 e. The van der Waals surface area contributed by atoms with Crippen LogP contribution in [0.15, 0.2) is 18.2 Å². The van der Waals surface area contributed by atoms with Crippen molar-refractivity contribution < 1.29 is 13.6 Å². The molecule has 2 rings (SSSR count). The summed E-state index contributed by atoms with van der Waals surface area (Å²) in [6.07, 6.45) is 5.14. The first-order valence-electron chi connectivity index (χ1n) is 7.08. The van der Waals surface area contributed by atoms with Gasteiger partial charge < -0.3 is 10.6 Å². The van der Waals surface area contributed by atoms with E-state index in [0.717, 1.165) is 18.9 Å². The molecule has 1 aromatic carbocycles. The smallest absolute Gasteiger partial charge is 0.233 e.